The van der Waals surface area contributed by atoms with Gasteiger partial charge in [-0.25, -0.2) is 8.42 Å². The molecule has 0 saturated carbocycles. The van der Waals surface area contributed by atoms with Crippen LogP contribution in [0.25, 0.3) is 0 Å². The van der Waals surface area contributed by atoms with Gasteiger partial charge in [0.05, 0.1) is 7.11 Å². The van der Waals surface area contributed by atoms with Crippen molar-refractivity contribution in [2.24, 2.45) is 0 Å². The zero-order valence-corrected chi connectivity index (χ0v) is 17.9. The van der Waals surface area contributed by atoms with E-state index < -0.39 is 15.9 Å². The molecule has 3 rings (SSSR count). The molecule has 0 radical (unpaired) electrons. The number of carbonyl (C=O) groups is 1. The van der Waals surface area contributed by atoms with Crippen molar-refractivity contribution >= 4 is 44.0 Å². The summed E-state index contributed by atoms with van der Waals surface area (Å²) in [4.78, 5) is 12.3. The number of sulfonamides is 1. The Labute approximate surface area is 177 Å². The van der Waals surface area contributed by atoms with Crippen LogP contribution in [0.1, 0.15) is 15.9 Å². The maximum Gasteiger partial charge on any atom is 0.272 e. The van der Waals surface area contributed by atoms with Crippen LogP contribution < -0.4 is 10.1 Å². The molecule has 0 aliphatic carbocycles. The maximum absolute atomic E-state index is 12.8. The molecule has 1 amide bonds. The highest BCUT2D eigenvalue weighted by atomic mass is 35.5. The summed E-state index contributed by atoms with van der Waals surface area (Å²) in [6.07, 6.45) is 0. The minimum atomic E-state index is -3.86. The van der Waals surface area contributed by atoms with E-state index in [2.05, 4.69) is 15.5 Å². The van der Waals surface area contributed by atoms with E-state index >= 15 is 0 Å². The molecule has 3 aromatic rings. The molecule has 152 valence electrons. The fourth-order valence-electron chi connectivity index (χ4n) is 2.37. The molecule has 0 aliphatic heterocycles. The number of nitrogens with zero attached hydrogens (tertiary/aromatic N) is 3. The molecule has 0 bridgehead atoms. The van der Waals surface area contributed by atoms with Crippen LogP contribution in [0.3, 0.4) is 0 Å². The Bertz CT molecular complexity index is 1120. The number of hydrogen-bond acceptors (Lipinski definition) is 7. The largest absolute Gasteiger partial charge is 0.497 e. The second-order valence-electron chi connectivity index (χ2n) is 5.95. The normalized spacial score (nSPS) is 11.4. The van der Waals surface area contributed by atoms with Crippen LogP contribution in [-0.2, 0) is 16.6 Å². The molecule has 0 aliphatic rings. The molecule has 0 saturated heterocycles. The van der Waals surface area contributed by atoms with Gasteiger partial charge >= 0.3 is 0 Å². The minimum absolute atomic E-state index is 0.0754. The average molecular weight is 453 g/mol. The molecule has 2 aromatic carbocycles. The number of hydrogen-bond donors (Lipinski definition) is 1. The Morgan fingerprint density at radius 1 is 1.21 bits per heavy atom. The van der Waals surface area contributed by atoms with Crippen LogP contribution in [-0.4, -0.2) is 43.0 Å². The molecule has 11 heteroatoms. The van der Waals surface area contributed by atoms with Gasteiger partial charge in [0.15, 0.2) is 0 Å². The fraction of sp³-hybridized carbons (Fsp3) is 0.167. The summed E-state index contributed by atoms with van der Waals surface area (Å²) < 4.78 is 31.5. The van der Waals surface area contributed by atoms with Crippen LogP contribution in [0.4, 0.5) is 5.13 Å². The van der Waals surface area contributed by atoms with E-state index in [1.54, 1.807) is 49.6 Å². The minimum Gasteiger partial charge on any atom is -0.497 e. The van der Waals surface area contributed by atoms with Gasteiger partial charge in [-0.05, 0) is 35.9 Å². The Balaban J connectivity index is 1.71. The monoisotopic (exact) mass is 452 g/mol. The van der Waals surface area contributed by atoms with Crippen molar-refractivity contribution in [3.05, 3.63) is 64.7 Å². The smallest absolute Gasteiger partial charge is 0.272 e. The van der Waals surface area contributed by atoms with Crippen LogP contribution in [0.2, 0.25) is 5.02 Å². The standard InChI is InChI=1S/C18H17ClN4O4S2/c1-23(11-12-6-8-15(27-2)9-7-12)29(25,26)18-22-21-17(28-18)20-16(24)13-4-3-5-14(19)10-13/h3-10H,11H2,1-2H3,(H,20,21,24). The molecule has 1 N–H and O–H groups in total. The second kappa shape index (κ2) is 8.87. The summed E-state index contributed by atoms with van der Waals surface area (Å²) >= 11 is 6.65. The predicted molar refractivity (Wildman–Crippen MR) is 111 cm³/mol. The molecular formula is C18H17ClN4O4S2. The lowest BCUT2D eigenvalue weighted by atomic mass is 10.2. The third kappa shape index (κ3) is 5.10. The highest BCUT2D eigenvalue weighted by molar-refractivity contribution is 7.91. The number of amides is 1. The van der Waals surface area contributed by atoms with E-state index in [0.29, 0.717) is 16.3 Å². The quantitative estimate of drug-likeness (QED) is 0.552. The summed E-state index contributed by atoms with van der Waals surface area (Å²) in [7, 11) is -0.856. The zero-order valence-electron chi connectivity index (χ0n) is 15.5. The molecule has 1 aromatic heterocycles. The van der Waals surface area contributed by atoms with E-state index in [0.717, 1.165) is 21.2 Å². The van der Waals surface area contributed by atoms with Crippen molar-refractivity contribution in [3.8, 4) is 5.75 Å². The number of nitrogens with one attached hydrogen (secondary N) is 1. The van der Waals surface area contributed by atoms with Gasteiger partial charge in [0.25, 0.3) is 15.9 Å². The van der Waals surface area contributed by atoms with Gasteiger partial charge in [-0.3, -0.25) is 10.1 Å². The predicted octanol–water partition coefficient (Wildman–Crippen LogP) is 3.27. The van der Waals surface area contributed by atoms with Crippen LogP contribution in [0.15, 0.2) is 52.9 Å². The second-order valence-corrected chi connectivity index (χ2v) is 9.58. The first-order valence-corrected chi connectivity index (χ1v) is 10.9. The zero-order chi connectivity index (χ0) is 21.0. The number of rotatable bonds is 7. The fourth-order valence-corrected chi connectivity index (χ4v) is 4.80. The molecular weight excluding hydrogens is 436 g/mol. The van der Waals surface area contributed by atoms with Gasteiger partial charge in [0.2, 0.25) is 9.47 Å². The number of aromatic nitrogens is 2. The van der Waals surface area contributed by atoms with E-state index in [9.17, 15) is 13.2 Å². The highest BCUT2D eigenvalue weighted by Crippen LogP contribution is 2.24. The number of anilines is 1. The lowest BCUT2D eigenvalue weighted by molar-refractivity contribution is 0.102. The van der Waals surface area contributed by atoms with Crippen molar-refractivity contribution in [1.29, 1.82) is 0 Å². The maximum atomic E-state index is 12.8. The van der Waals surface area contributed by atoms with Crippen LogP contribution >= 0.6 is 22.9 Å². The third-order valence-electron chi connectivity index (χ3n) is 3.91. The van der Waals surface area contributed by atoms with E-state index in [1.807, 2.05) is 0 Å². The number of ether oxygens (including phenoxy) is 1. The first kappa shape index (κ1) is 21.2. The Morgan fingerprint density at radius 2 is 1.93 bits per heavy atom. The molecule has 29 heavy (non-hydrogen) atoms. The Morgan fingerprint density at radius 3 is 2.59 bits per heavy atom. The lowest BCUT2D eigenvalue weighted by Crippen LogP contribution is -2.26. The van der Waals surface area contributed by atoms with Gasteiger partial charge in [-0.1, -0.05) is 41.1 Å². The molecule has 0 atom stereocenters. The summed E-state index contributed by atoms with van der Waals surface area (Å²) in [6.45, 7) is 0.149. The van der Waals surface area contributed by atoms with Gasteiger partial charge in [0, 0.05) is 24.2 Å². The van der Waals surface area contributed by atoms with Gasteiger partial charge < -0.3 is 4.74 Å². The van der Waals surface area contributed by atoms with Crippen LogP contribution in [0.5, 0.6) is 5.75 Å². The topological polar surface area (TPSA) is 101 Å². The number of halogens is 1. The van der Waals surface area contributed by atoms with Gasteiger partial charge in [-0.2, -0.15) is 4.31 Å². The average Bonchev–Trinajstić information content (AvgIpc) is 3.18. The van der Waals surface area contributed by atoms with E-state index in [4.69, 9.17) is 16.3 Å². The van der Waals surface area contributed by atoms with Crippen molar-refractivity contribution in [2.75, 3.05) is 19.5 Å². The highest BCUT2D eigenvalue weighted by Gasteiger charge is 2.26. The van der Waals surface area contributed by atoms with Crippen molar-refractivity contribution in [2.45, 2.75) is 10.9 Å². The number of methoxy groups -OCH3 is 1. The van der Waals surface area contributed by atoms with Crippen molar-refractivity contribution in [1.82, 2.24) is 14.5 Å². The van der Waals surface area contributed by atoms with Gasteiger partial charge in [-0.15, -0.1) is 10.2 Å². The lowest BCUT2D eigenvalue weighted by Gasteiger charge is -2.15. The summed E-state index contributed by atoms with van der Waals surface area (Å²) in [5.41, 5.74) is 1.12. The molecule has 0 spiro atoms. The van der Waals surface area contributed by atoms with E-state index in [1.165, 1.54) is 13.1 Å². The molecule has 1 heterocycles. The summed E-state index contributed by atoms with van der Waals surface area (Å²) in [5.74, 6) is 0.225. The van der Waals surface area contributed by atoms with E-state index in [-0.39, 0.29) is 16.0 Å². The van der Waals surface area contributed by atoms with Crippen molar-refractivity contribution in [3.63, 3.8) is 0 Å². The first-order valence-electron chi connectivity index (χ1n) is 8.29. The summed E-state index contributed by atoms with van der Waals surface area (Å²) in [5, 5.41) is 10.5. The Kier molecular flexibility index (Phi) is 6.48. The summed E-state index contributed by atoms with van der Waals surface area (Å²) in [6, 6.07) is 13.4. The SMILES string of the molecule is COc1ccc(CN(C)S(=O)(=O)c2nnc(NC(=O)c3cccc(Cl)c3)s2)cc1. The molecule has 0 fully saturated rings. The Hall–Kier alpha value is -2.53. The van der Waals surface area contributed by atoms with Crippen LogP contribution in [0, 0.1) is 0 Å². The van der Waals surface area contributed by atoms with Gasteiger partial charge in [0.1, 0.15) is 5.75 Å². The third-order valence-corrected chi connectivity index (χ3v) is 7.13. The van der Waals surface area contributed by atoms with Crippen molar-refractivity contribution < 1.29 is 17.9 Å². The molecule has 8 nitrogen and oxygen atoms in total. The number of carbonyl (C=O) groups excluding carboxylic acids is 1. The molecule has 0 unspecified atom stereocenters. The first-order chi connectivity index (χ1) is 13.8. The number of benzene rings is 2.